The molecule has 234 valence electrons. The summed E-state index contributed by atoms with van der Waals surface area (Å²) in [5, 5.41) is 2.41. The molecule has 0 aliphatic heterocycles. The van der Waals surface area contributed by atoms with E-state index in [9.17, 15) is 0 Å². The van der Waals surface area contributed by atoms with Gasteiger partial charge in [0, 0.05) is 22.2 Å². The second kappa shape index (κ2) is 12.4. The van der Waals surface area contributed by atoms with Crippen LogP contribution in [0, 0.1) is 11.8 Å². The molecule has 0 saturated heterocycles. The van der Waals surface area contributed by atoms with Gasteiger partial charge in [0.15, 0.2) is 0 Å². The molecule has 0 fully saturated rings. The third kappa shape index (κ3) is 4.81. The van der Waals surface area contributed by atoms with Crippen molar-refractivity contribution in [1.29, 1.82) is 0 Å². The second-order valence-electron chi connectivity index (χ2n) is 12.7. The molecule has 1 heteroatoms. The number of rotatable bonds is 5. The quantitative estimate of drug-likeness (QED) is 0.170. The van der Waals surface area contributed by atoms with E-state index in [1.165, 1.54) is 44.2 Å². The lowest BCUT2D eigenvalue weighted by Crippen LogP contribution is -2.25. The van der Waals surface area contributed by atoms with Crippen molar-refractivity contribution in [2.24, 2.45) is 0 Å². The summed E-state index contributed by atoms with van der Waals surface area (Å²) in [4.78, 5) is 2.44. The molecule has 1 nitrogen and oxygen atoms in total. The maximum Gasteiger partial charge on any atom is 0.108 e. The number of para-hydroxylation sites is 1. The molecule has 0 aromatic heterocycles. The van der Waals surface area contributed by atoms with Crippen molar-refractivity contribution in [2.45, 2.75) is 5.41 Å². The number of hydrogen-bond acceptors (Lipinski definition) is 1. The van der Waals surface area contributed by atoms with Gasteiger partial charge in [0.2, 0.25) is 0 Å². The molecule has 8 aromatic carbocycles. The monoisotopic (exact) mass is 635 g/mol. The average Bonchev–Trinajstić information content (AvgIpc) is 3.49. The highest BCUT2D eigenvalue weighted by Gasteiger charge is 2.45. The van der Waals surface area contributed by atoms with Crippen LogP contribution < -0.4 is 4.90 Å². The Kier molecular flexibility index (Phi) is 7.34. The number of anilines is 3. The van der Waals surface area contributed by atoms with E-state index in [2.05, 4.69) is 211 Å². The van der Waals surface area contributed by atoms with E-state index < -0.39 is 5.41 Å². The van der Waals surface area contributed by atoms with Crippen LogP contribution in [0.15, 0.2) is 200 Å². The van der Waals surface area contributed by atoms with E-state index in [0.717, 1.165) is 28.2 Å². The van der Waals surface area contributed by atoms with Crippen molar-refractivity contribution in [3.05, 3.63) is 222 Å². The first-order valence-electron chi connectivity index (χ1n) is 17.1. The minimum absolute atomic E-state index is 0.666. The molecule has 1 aliphatic rings. The smallest absolute Gasteiger partial charge is 0.108 e. The number of benzene rings is 8. The van der Waals surface area contributed by atoms with Gasteiger partial charge in [-0.1, -0.05) is 176 Å². The molecule has 9 rings (SSSR count). The second-order valence-corrected chi connectivity index (χ2v) is 12.7. The van der Waals surface area contributed by atoms with Crippen molar-refractivity contribution in [3.63, 3.8) is 0 Å². The van der Waals surface area contributed by atoms with Crippen LogP contribution in [0.2, 0.25) is 0 Å². The molecule has 1 atom stereocenters. The summed E-state index contributed by atoms with van der Waals surface area (Å²) in [6.45, 7) is 0. The van der Waals surface area contributed by atoms with Crippen molar-refractivity contribution in [3.8, 4) is 34.1 Å². The highest BCUT2D eigenvalue weighted by atomic mass is 15.1. The molecule has 0 spiro atoms. The summed E-state index contributed by atoms with van der Waals surface area (Å²) in [7, 11) is 0. The first kappa shape index (κ1) is 29.5. The summed E-state index contributed by atoms with van der Waals surface area (Å²) in [6, 6.07) is 71.5. The van der Waals surface area contributed by atoms with Crippen LogP contribution in [0.5, 0.6) is 0 Å². The number of fused-ring (bicyclic) bond motifs is 4. The molecular weight excluding hydrogens is 603 g/mol. The van der Waals surface area contributed by atoms with E-state index in [0.29, 0.717) is 0 Å². The van der Waals surface area contributed by atoms with E-state index >= 15 is 0 Å². The zero-order chi connectivity index (χ0) is 33.3. The maximum absolute atomic E-state index is 3.87. The largest absolute Gasteiger partial charge is 0.309 e. The van der Waals surface area contributed by atoms with E-state index in [4.69, 9.17) is 0 Å². The summed E-state index contributed by atoms with van der Waals surface area (Å²) < 4.78 is 0. The third-order valence-corrected chi connectivity index (χ3v) is 9.90. The van der Waals surface area contributed by atoms with E-state index in [-0.39, 0.29) is 0 Å². The Bertz CT molecular complexity index is 2530. The highest BCUT2D eigenvalue weighted by molar-refractivity contribution is 6.08. The van der Waals surface area contributed by atoms with Gasteiger partial charge in [-0.15, -0.1) is 0 Å². The Morgan fingerprint density at radius 2 is 1.00 bits per heavy atom. The van der Waals surface area contributed by atoms with Gasteiger partial charge in [-0.25, -0.2) is 0 Å². The van der Waals surface area contributed by atoms with E-state index in [1.54, 1.807) is 0 Å². The van der Waals surface area contributed by atoms with Crippen LogP contribution in [0.25, 0.3) is 33.0 Å². The predicted octanol–water partition coefficient (Wildman–Crippen LogP) is 12.3. The van der Waals surface area contributed by atoms with Gasteiger partial charge in [0.25, 0.3) is 0 Å². The Labute approximate surface area is 293 Å². The lowest BCUT2D eigenvalue weighted by molar-refractivity contribution is 0.837. The fraction of sp³-hybridized carbons (Fsp3) is 0.0204. The lowest BCUT2D eigenvalue weighted by Gasteiger charge is -2.31. The van der Waals surface area contributed by atoms with Crippen molar-refractivity contribution in [1.82, 2.24) is 0 Å². The summed E-state index contributed by atoms with van der Waals surface area (Å²) in [6.07, 6.45) is 0. The van der Waals surface area contributed by atoms with Crippen LogP contribution in [0.1, 0.15) is 22.3 Å². The molecule has 0 bridgehead atoms. The molecule has 1 aliphatic carbocycles. The SMILES string of the molecule is C(#CC1(c2ccccc2)c2ccccc2-c2c(N(c3ccccc3)c3ccc(-c4ccccc4)c4ccccc34)cccc21)c1ccccc1. The van der Waals surface area contributed by atoms with Gasteiger partial charge in [0.05, 0.1) is 11.4 Å². The van der Waals surface area contributed by atoms with Gasteiger partial charge >= 0.3 is 0 Å². The van der Waals surface area contributed by atoms with Gasteiger partial charge in [-0.05, 0) is 75.2 Å². The lowest BCUT2D eigenvalue weighted by atomic mass is 9.73. The standard InChI is InChI=1S/C49H33N/c1-5-18-36(19-6-1)34-35-49(38-22-9-3-10-23-38)44-29-16-15-28-43(44)48-45(49)30-17-31-47(48)50(39-24-11-4-12-25-39)46-33-32-40(37-20-7-2-8-21-37)41-26-13-14-27-42(41)46/h1-33H. The Morgan fingerprint density at radius 1 is 0.400 bits per heavy atom. The van der Waals surface area contributed by atoms with Gasteiger partial charge in [-0.2, -0.15) is 0 Å². The Hall–Kier alpha value is -6.62. The molecule has 0 radical (unpaired) electrons. The van der Waals surface area contributed by atoms with Crippen LogP contribution in [0.4, 0.5) is 17.1 Å². The molecule has 8 aromatic rings. The normalized spacial score (nSPS) is 14.3. The molecule has 0 saturated carbocycles. The molecule has 0 heterocycles. The Morgan fingerprint density at radius 3 is 1.76 bits per heavy atom. The molecular formula is C49H33N. The fourth-order valence-electron chi connectivity index (χ4n) is 7.72. The summed E-state index contributed by atoms with van der Waals surface area (Å²) >= 11 is 0. The Balaban J connectivity index is 1.35. The van der Waals surface area contributed by atoms with Crippen LogP contribution in [-0.4, -0.2) is 0 Å². The highest BCUT2D eigenvalue weighted by Crippen LogP contribution is 2.57. The fourth-order valence-corrected chi connectivity index (χ4v) is 7.72. The van der Waals surface area contributed by atoms with Crippen molar-refractivity contribution < 1.29 is 0 Å². The molecule has 50 heavy (non-hydrogen) atoms. The summed E-state index contributed by atoms with van der Waals surface area (Å²) in [5.41, 5.74) is 12.1. The zero-order valence-corrected chi connectivity index (χ0v) is 27.5. The first-order valence-corrected chi connectivity index (χ1v) is 17.1. The third-order valence-electron chi connectivity index (χ3n) is 9.90. The van der Waals surface area contributed by atoms with Crippen molar-refractivity contribution >= 4 is 27.8 Å². The van der Waals surface area contributed by atoms with Crippen LogP contribution >= 0.6 is 0 Å². The van der Waals surface area contributed by atoms with Crippen molar-refractivity contribution in [2.75, 3.05) is 4.90 Å². The number of hydrogen-bond donors (Lipinski definition) is 0. The predicted molar refractivity (Wildman–Crippen MR) is 209 cm³/mol. The van der Waals surface area contributed by atoms with Gasteiger partial charge in [0.1, 0.15) is 5.41 Å². The van der Waals surface area contributed by atoms with Crippen LogP contribution in [-0.2, 0) is 5.41 Å². The van der Waals surface area contributed by atoms with Crippen LogP contribution in [0.3, 0.4) is 0 Å². The summed E-state index contributed by atoms with van der Waals surface area (Å²) in [5.74, 6) is 7.47. The minimum Gasteiger partial charge on any atom is -0.309 e. The number of nitrogens with zero attached hydrogens (tertiary/aromatic N) is 1. The minimum atomic E-state index is -0.666. The zero-order valence-electron chi connectivity index (χ0n) is 27.5. The van der Waals surface area contributed by atoms with E-state index in [1.807, 2.05) is 6.07 Å². The topological polar surface area (TPSA) is 3.24 Å². The molecule has 1 unspecified atom stereocenters. The first-order chi connectivity index (χ1) is 24.8. The average molecular weight is 636 g/mol. The maximum atomic E-state index is 3.87. The molecule has 0 amide bonds. The molecule has 0 N–H and O–H groups in total. The van der Waals surface area contributed by atoms with Gasteiger partial charge in [-0.3, -0.25) is 0 Å². The van der Waals surface area contributed by atoms with Gasteiger partial charge < -0.3 is 4.90 Å².